The average Bonchev–Trinajstić information content (AvgIpc) is 2.79. The van der Waals surface area contributed by atoms with Crippen molar-refractivity contribution in [2.75, 3.05) is 13.1 Å². The normalized spacial score (nSPS) is 23.2. The van der Waals surface area contributed by atoms with Gasteiger partial charge in [0.1, 0.15) is 0 Å². The molecule has 1 saturated heterocycles. The van der Waals surface area contributed by atoms with E-state index in [9.17, 15) is 10.1 Å². The van der Waals surface area contributed by atoms with Gasteiger partial charge in [0.05, 0.1) is 17.2 Å². The van der Waals surface area contributed by atoms with Crippen LogP contribution in [-0.2, 0) is 6.42 Å². The number of carbonyl (C=O) groups excluding carboxylic acids is 1. The van der Waals surface area contributed by atoms with E-state index in [-0.39, 0.29) is 5.91 Å². The summed E-state index contributed by atoms with van der Waals surface area (Å²) < 4.78 is 5.50. The molecule has 1 aromatic heterocycles. The van der Waals surface area contributed by atoms with Crippen LogP contribution in [0, 0.1) is 23.7 Å². The monoisotopic (exact) mass is 261 g/mol. The molecule has 0 aromatic carbocycles. The molecule has 0 bridgehead atoms. The molecule has 1 aliphatic heterocycles. The third-order valence-electron chi connectivity index (χ3n) is 3.59. The fourth-order valence-electron chi connectivity index (χ4n) is 2.45. The van der Waals surface area contributed by atoms with Crippen LogP contribution in [0.4, 0.5) is 0 Å². The number of amides is 1. The Morgan fingerprint density at radius 2 is 2.37 bits per heavy atom. The van der Waals surface area contributed by atoms with Gasteiger partial charge in [-0.05, 0) is 26.7 Å². The minimum absolute atomic E-state index is 0.147. The third kappa shape index (κ3) is 2.62. The fraction of sp³-hybridized carbons (Fsp3) is 0.643. The van der Waals surface area contributed by atoms with Crippen LogP contribution in [-0.4, -0.2) is 28.9 Å². The number of carbonyl (C=O) groups is 1. The number of aromatic nitrogens is 1. The minimum Gasteiger partial charge on any atom is -0.435 e. The zero-order chi connectivity index (χ0) is 14.0. The van der Waals surface area contributed by atoms with Gasteiger partial charge >= 0.3 is 0 Å². The maximum atomic E-state index is 12.4. The fourth-order valence-corrected chi connectivity index (χ4v) is 2.45. The topological polar surface area (TPSA) is 70.1 Å². The molecule has 1 aromatic rings. The van der Waals surface area contributed by atoms with Gasteiger partial charge in [0.2, 0.25) is 5.76 Å². The van der Waals surface area contributed by atoms with Crippen LogP contribution in [0.3, 0.4) is 0 Å². The first-order valence-corrected chi connectivity index (χ1v) is 6.66. The van der Waals surface area contributed by atoms with Crippen LogP contribution in [0.5, 0.6) is 0 Å². The standard InChI is InChI=1S/C14H19N3O2/c1-4-11-16-10(2)12(19-11)13(18)17-7-5-6-14(3,8-15)9-17/h4-7,9H2,1-3H3/t14-/m1/s1. The van der Waals surface area contributed by atoms with Gasteiger partial charge in [0, 0.05) is 19.5 Å². The van der Waals surface area contributed by atoms with E-state index in [1.807, 2.05) is 13.8 Å². The number of hydrogen-bond acceptors (Lipinski definition) is 4. The SMILES string of the molecule is CCc1nc(C)c(C(=O)N2CCC[C@](C)(C#N)C2)o1. The van der Waals surface area contributed by atoms with Crippen LogP contribution in [0.25, 0.3) is 0 Å². The first-order chi connectivity index (χ1) is 8.99. The molecule has 1 fully saturated rings. The quantitative estimate of drug-likeness (QED) is 0.819. The molecule has 0 saturated carbocycles. The second-order valence-corrected chi connectivity index (χ2v) is 5.38. The number of nitriles is 1. The Hall–Kier alpha value is -1.83. The van der Waals surface area contributed by atoms with E-state index in [2.05, 4.69) is 11.1 Å². The number of nitrogens with zero attached hydrogens (tertiary/aromatic N) is 3. The average molecular weight is 261 g/mol. The molecule has 19 heavy (non-hydrogen) atoms. The second kappa shape index (κ2) is 5.04. The molecule has 0 spiro atoms. The van der Waals surface area contributed by atoms with Crippen molar-refractivity contribution in [2.24, 2.45) is 5.41 Å². The van der Waals surface area contributed by atoms with E-state index < -0.39 is 5.41 Å². The van der Waals surface area contributed by atoms with Crippen molar-refractivity contribution in [1.82, 2.24) is 9.88 Å². The molecule has 0 aliphatic carbocycles. The number of rotatable bonds is 2. The second-order valence-electron chi connectivity index (χ2n) is 5.38. The Balaban J connectivity index is 2.20. The maximum Gasteiger partial charge on any atom is 0.291 e. The zero-order valence-electron chi connectivity index (χ0n) is 11.7. The molecule has 1 aliphatic rings. The first kappa shape index (κ1) is 13.6. The highest BCUT2D eigenvalue weighted by Crippen LogP contribution is 2.29. The summed E-state index contributed by atoms with van der Waals surface area (Å²) in [4.78, 5) is 18.4. The van der Waals surface area contributed by atoms with Crippen molar-refractivity contribution >= 4 is 5.91 Å². The molecular formula is C14H19N3O2. The number of hydrogen-bond donors (Lipinski definition) is 0. The summed E-state index contributed by atoms with van der Waals surface area (Å²) >= 11 is 0. The molecule has 1 amide bonds. The van der Waals surface area contributed by atoms with E-state index >= 15 is 0 Å². The summed E-state index contributed by atoms with van der Waals surface area (Å²) in [5.74, 6) is 0.755. The van der Waals surface area contributed by atoms with Crippen molar-refractivity contribution in [3.05, 3.63) is 17.3 Å². The van der Waals surface area contributed by atoms with Crippen molar-refractivity contribution in [3.8, 4) is 6.07 Å². The van der Waals surface area contributed by atoms with Crippen LogP contribution < -0.4 is 0 Å². The van der Waals surface area contributed by atoms with Crippen LogP contribution >= 0.6 is 0 Å². The number of likely N-dealkylation sites (tertiary alicyclic amines) is 1. The van der Waals surface area contributed by atoms with Crippen molar-refractivity contribution in [3.63, 3.8) is 0 Å². The highest BCUT2D eigenvalue weighted by Gasteiger charge is 2.35. The molecule has 2 heterocycles. The lowest BCUT2D eigenvalue weighted by atomic mass is 9.83. The Labute approximate surface area is 113 Å². The summed E-state index contributed by atoms with van der Waals surface area (Å²) in [6.07, 6.45) is 2.36. The lowest BCUT2D eigenvalue weighted by molar-refractivity contribution is 0.0595. The largest absolute Gasteiger partial charge is 0.435 e. The van der Waals surface area contributed by atoms with Gasteiger partial charge in [-0.2, -0.15) is 5.26 Å². The number of aryl methyl sites for hydroxylation is 2. The van der Waals surface area contributed by atoms with Gasteiger partial charge < -0.3 is 9.32 Å². The van der Waals surface area contributed by atoms with E-state index in [1.165, 1.54) is 0 Å². The number of piperidine rings is 1. The highest BCUT2D eigenvalue weighted by molar-refractivity contribution is 5.92. The van der Waals surface area contributed by atoms with Gasteiger partial charge in [-0.1, -0.05) is 6.92 Å². The Bertz CT molecular complexity index is 529. The lowest BCUT2D eigenvalue weighted by Crippen LogP contribution is -2.44. The van der Waals surface area contributed by atoms with Gasteiger partial charge in [0.15, 0.2) is 5.89 Å². The van der Waals surface area contributed by atoms with Gasteiger partial charge in [-0.25, -0.2) is 4.98 Å². The summed E-state index contributed by atoms with van der Waals surface area (Å²) in [7, 11) is 0. The Morgan fingerprint density at radius 1 is 1.63 bits per heavy atom. The van der Waals surface area contributed by atoms with Crippen LogP contribution in [0.2, 0.25) is 0 Å². The molecule has 5 nitrogen and oxygen atoms in total. The van der Waals surface area contributed by atoms with Gasteiger partial charge in [-0.15, -0.1) is 0 Å². The molecule has 102 valence electrons. The summed E-state index contributed by atoms with van der Waals surface area (Å²) in [6, 6.07) is 2.31. The van der Waals surface area contributed by atoms with Gasteiger partial charge in [0.25, 0.3) is 5.91 Å². The molecule has 0 unspecified atom stereocenters. The summed E-state index contributed by atoms with van der Waals surface area (Å²) in [5, 5.41) is 9.19. The predicted molar refractivity (Wildman–Crippen MR) is 69.5 cm³/mol. The zero-order valence-corrected chi connectivity index (χ0v) is 11.7. The predicted octanol–water partition coefficient (Wildman–Crippen LogP) is 2.31. The minimum atomic E-state index is -0.449. The van der Waals surface area contributed by atoms with E-state index in [0.717, 1.165) is 12.8 Å². The smallest absolute Gasteiger partial charge is 0.291 e. The van der Waals surface area contributed by atoms with Gasteiger partial charge in [-0.3, -0.25) is 4.79 Å². The van der Waals surface area contributed by atoms with Crippen molar-refractivity contribution < 1.29 is 9.21 Å². The molecular weight excluding hydrogens is 242 g/mol. The Morgan fingerprint density at radius 3 is 2.95 bits per heavy atom. The van der Waals surface area contributed by atoms with Crippen molar-refractivity contribution in [2.45, 2.75) is 40.0 Å². The lowest BCUT2D eigenvalue weighted by Gasteiger charge is -2.35. The molecule has 0 radical (unpaired) electrons. The summed E-state index contributed by atoms with van der Waals surface area (Å²) in [5.41, 5.74) is 0.182. The van der Waals surface area contributed by atoms with Crippen LogP contribution in [0.15, 0.2) is 4.42 Å². The molecule has 0 N–H and O–H groups in total. The number of oxazole rings is 1. The van der Waals surface area contributed by atoms with Crippen molar-refractivity contribution in [1.29, 1.82) is 5.26 Å². The highest BCUT2D eigenvalue weighted by atomic mass is 16.4. The Kier molecular flexibility index (Phi) is 3.61. The maximum absolute atomic E-state index is 12.4. The van der Waals surface area contributed by atoms with E-state index in [0.29, 0.717) is 36.9 Å². The van der Waals surface area contributed by atoms with E-state index in [1.54, 1.807) is 11.8 Å². The molecule has 2 rings (SSSR count). The van der Waals surface area contributed by atoms with E-state index in [4.69, 9.17) is 4.42 Å². The molecule has 1 atom stereocenters. The summed E-state index contributed by atoms with van der Waals surface area (Å²) in [6.45, 7) is 6.76. The first-order valence-electron chi connectivity index (χ1n) is 6.66. The third-order valence-corrected chi connectivity index (χ3v) is 3.59. The van der Waals surface area contributed by atoms with Crippen LogP contribution in [0.1, 0.15) is 48.8 Å². The molecule has 5 heteroatoms.